The van der Waals surface area contributed by atoms with E-state index in [1.54, 1.807) is 12.3 Å². The Morgan fingerprint density at radius 1 is 1.28 bits per heavy atom. The number of carbonyl (C=O) groups excluding carboxylic acids is 1. The highest BCUT2D eigenvalue weighted by atomic mass is 35.5. The molecule has 92 valence electrons. The van der Waals surface area contributed by atoms with Gasteiger partial charge in [-0.25, -0.2) is 0 Å². The normalized spacial score (nSPS) is 10.4. The molecule has 0 amide bonds. The fourth-order valence-electron chi connectivity index (χ4n) is 1.83. The average Bonchev–Trinajstić information content (AvgIpc) is 2.38. The lowest BCUT2D eigenvalue weighted by Crippen LogP contribution is -1.98. The highest BCUT2D eigenvalue weighted by molar-refractivity contribution is 6.33. The first kappa shape index (κ1) is 12.8. The van der Waals surface area contributed by atoms with Gasteiger partial charge in [0.2, 0.25) is 0 Å². The Morgan fingerprint density at radius 2 is 2.06 bits per heavy atom. The van der Waals surface area contributed by atoms with E-state index in [1.165, 1.54) is 12.5 Å². The van der Waals surface area contributed by atoms with Crippen LogP contribution in [0.5, 0.6) is 0 Å². The van der Waals surface area contributed by atoms with Crippen LogP contribution in [0.25, 0.3) is 11.1 Å². The predicted octanol–water partition coefficient (Wildman–Crippen LogP) is 4.17. The van der Waals surface area contributed by atoms with Crippen LogP contribution in [-0.2, 0) is 6.42 Å². The van der Waals surface area contributed by atoms with E-state index in [-0.39, 0.29) is 5.78 Å². The molecule has 1 aromatic heterocycles. The van der Waals surface area contributed by atoms with Crippen LogP contribution in [-0.4, -0.2) is 10.8 Å². The van der Waals surface area contributed by atoms with Gasteiger partial charge in [0, 0.05) is 18.7 Å². The molecule has 2 aromatic rings. The number of benzene rings is 1. The topological polar surface area (TPSA) is 30.0 Å². The van der Waals surface area contributed by atoms with Gasteiger partial charge in [-0.05, 0) is 23.6 Å². The quantitative estimate of drug-likeness (QED) is 0.775. The molecule has 2 rings (SSSR count). The Labute approximate surface area is 112 Å². The highest BCUT2D eigenvalue weighted by Crippen LogP contribution is 2.25. The molecule has 0 saturated carbocycles. The van der Waals surface area contributed by atoms with Gasteiger partial charge in [-0.1, -0.05) is 42.8 Å². The molecule has 0 bridgehead atoms. The van der Waals surface area contributed by atoms with E-state index in [0.29, 0.717) is 10.7 Å². The smallest absolute Gasteiger partial charge is 0.179 e. The minimum atomic E-state index is -0.117. The molecule has 0 aliphatic heterocycles. The fraction of sp³-hybridized carbons (Fsp3) is 0.200. The second kappa shape index (κ2) is 5.32. The molecule has 0 fully saturated rings. The number of aromatic nitrogens is 1. The molecule has 0 atom stereocenters. The Morgan fingerprint density at radius 3 is 2.67 bits per heavy atom. The van der Waals surface area contributed by atoms with Crippen molar-refractivity contribution in [3.8, 4) is 11.1 Å². The number of hydrogen-bond donors (Lipinski definition) is 0. The molecule has 0 spiro atoms. The first-order valence-corrected chi connectivity index (χ1v) is 6.25. The molecule has 0 aliphatic carbocycles. The zero-order chi connectivity index (χ0) is 13.1. The van der Waals surface area contributed by atoms with Crippen LogP contribution in [0.4, 0.5) is 0 Å². The number of carbonyl (C=O) groups is 1. The third-order valence-electron chi connectivity index (χ3n) is 2.84. The number of rotatable bonds is 3. The lowest BCUT2D eigenvalue weighted by atomic mass is 10.0. The second-order valence-electron chi connectivity index (χ2n) is 4.16. The zero-order valence-electron chi connectivity index (χ0n) is 10.4. The van der Waals surface area contributed by atoms with Gasteiger partial charge in [0.05, 0.1) is 5.02 Å². The van der Waals surface area contributed by atoms with Crippen LogP contribution in [0, 0.1) is 0 Å². The molecule has 0 unspecified atom stereocenters. The summed E-state index contributed by atoms with van der Waals surface area (Å²) < 4.78 is 0. The van der Waals surface area contributed by atoms with Crippen molar-refractivity contribution in [2.75, 3.05) is 0 Å². The summed E-state index contributed by atoms with van der Waals surface area (Å²) in [5.74, 6) is -0.117. The molecule has 1 aromatic carbocycles. The van der Waals surface area contributed by atoms with Gasteiger partial charge in [-0.3, -0.25) is 9.78 Å². The SMILES string of the molecule is CCc1cccc(-c2cnc(C(C)=O)c(Cl)c2)c1. The van der Waals surface area contributed by atoms with Gasteiger partial charge >= 0.3 is 0 Å². The first-order chi connectivity index (χ1) is 8.61. The standard InChI is InChI=1S/C15H14ClNO/c1-3-11-5-4-6-12(7-11)13-8-14(16)15(10(2)18)17-9-13/h4-9H,3H2,1-2H3. The van der Waals surface area contributed by atoms with E-state index in [4.69, 9.17) is 11.6 Å². The minimum Gasteiger partial charge on any atom is -0.293 e. The Kier molecular flexibility index (Phi) is 3.78. The van der Waals surface area contributed by atoms with Crippen molar-refractivity contribution >= 4 is 17.4 Å². The number of Topliss-reactive ketones (excluding diaryl/α,β-unsaturated/α-hetero) is 1. The number of halogens is 1. The Hall–Kier alpha value is -1.67. The molecule has 0 radical (unpaired) electrons. The maximum Gasteiger partial charge on any atom is 0.179 e. The van der Waals surface area contributed by atoms with Crippen molar-refractivity contribution in [3.63, 3.8) is 0 Å². The third kappa shape index (κ3) is 2.59. The molecule has 1 heterocycles. The van der Waals surface area contributed by atoms with Gasteiger partial charge in [0.15, 0.2) is 5.78 Å². The van der Waals surface area contributed by atoms with E-state index in [2.05, 4.69) is 24.0 Å². The van der Waals surface area contributed by atoms with Crippen LogP contribution in [0.1, 0.15) is 29.9 Å². The summed E-state index contributed by atoms with van der Waals surface area (Å²) in [7, 11) is 0. The summed E-state index contributed by atoms with van der Waals surface area (Å²) in [5, 5.41) is 0.405. The Bertz CT molecular complexity index is 593. The summed E-state index contributed by atoms with van der Waals surface area (Å²) in [6.45, 7) is 3.58. The summed E-state index contributed by atoms with van der Waals surface area (Å²) in [5.41, 5.74) is 3.59. The van der Waals surface area contributed by atoms with Crippen molar-refractivity contribution in [3.05, 3.63) is 52.8 Å². The fourth-order valence-corrected chi connectivity index (χ4v) is 2.13. The molecule has 0 saturated heterocycles. The van der Waals surface area contributed by atoms with Crippen molar-refractivity contribution in [2.24, 2.45) is 0 Å². The lowest BCUT2D eigenvalue weighted by molar-refractivity contribution is 0.101. The van der Waals surface area contributed by atoms with Crippen LogP contribution < -0.4 is 0 Å². The molecule has 2 nitrogen and oxygen atoms in total. The van der Waals surface area contributed by atoms with E-state index in [0.717, 1.165) is 17.5 Å². The predicted molar refractivity (Wildman–Crippen MR) is 74.1 cm³/mol. The number of nitrogens with zero attached hydrogens (tertiary/aromatic N) is 1. The van der Waals surface area contributed by atoms with Gasteiger partial charge in [0.1, 0.15) is 5.69 Å². The Balaban J connectivity index is 2.45. The maximum absolute atomic E-state index is 11.3. The second-order valence-corrected chi connectivity index (χ2v) is 4.57. The minimum absolute atomic E-state index is 0.117. The van der Waals surface area contributed by atoms with Crippen LogP contribution in [0.3, 0.4) is 0 Å². The van der Waals surface area contributed by atoms with Crippen molar-refractivity contribution in [1.82, 2.24) is 4.98 Å². The molecule has 18 heavy (non-hydrogen) atoms. The summed E-state index contributed by atoms with van der Waals surface area (Å²) in [4.78, 5) is 15.4. The number of hydrogen-bond acceptors (Lipinski definition) is 2. The van der Waals surface area contributed by atoms with Gasteiger partial charge in [-0.2, -0.15) is 0 Å². The van der Waals surface area contributed by atoms with E-state index >= 15 is 0 Å². The first-order valence-electron chi connectivity index (χ1n) is 5.87. The lowest BCUT2D eigenvalue weighted by Gasteiger charge is -2.06. The van der Waals surface area contributed by atoms with Gasteiger partial charge in [-0.15, -0.1) is 0 Å². The maximum atomic E-state index is 11.3. The number of ketones is 1. The highest BCUT2D eigenvalue weighted by Gasteiger charge is 2.09. The summed E-state index contributed by atoms with van der Waals surface area (Å²) >= 11 is 6.06. The third-order valence-corrected chi connectivity index (χ3v) is 3.13. The number of pyridine rings is 1. The molecule has 0 N–H and O–H groups in total. The van der Waals surface area contributed by atoms with E-state index < -0.39 is 0 Å². The molecular formula is C15H14ClNO. The van der Waals surface area contributed by atoms with Crippen molar-refractivity contribution < 1.29 is 4.79 Å². The summed E-state index contributed by atoms with van der Waals surface area (Å²) in [6.07, 6.45) is 2.68. The largest absolute Gasteiger partial charge is 0.293 e. The van der Waals surface area contributed by atoms with Crippen LogP contribution in [0.15, 0.2) is 36.5 Å². The molecular weight excluding hydrogens is 246 g/mol. The van der Waals surface area contributed by atoms with Crippen molar-refractivity contribution in [1.29, 1.82) is 0 Å². The monoisotopic (exact) mass is 259 g/mol. The van der Waals surface area contributed by atoms with E-state index in [1.807, 2.05) is 12.1 Å². The van der Waals surface area contributed by atoms with Crippen LogP contribution in [0.2, 0.25) is 5.02 Å². The zero-order valence-corrected chi connectivity index (χ0v) is 11.2. The average molecular weight is 260 g/mol. The number of aryl methyl sites for hydroxylation is 1. The summed E-state index contributed by atoms with van der Waals surface area (Å²) in [6, 6.07) is 10.0. The van der Waals surface area contributed by atoms with Gasteiger partial charge in [0.25, 0.3) is 0 Å². The molecule has 3 heteroatoms. The van der Waals surface area contributed by atoms with Crippen LogP contribution >= 0.6 is 11.6 Å². The van der Waals surface area contributed by atoms with Crippen molar-refractivity contribution in [2.45, 2.75) is 20.3 Å². The van der Waals surface area contributed by atoms with E-state index in [9.17, 15) is 4.79 Å². The molecule has 0 aliphatic rings. The van der Waals surface area contributed by atoms with Gasteiger partial charge < -0.3 is 0 Å².